The van der Waals surface area contributed by atoms with Crippen LogP contribution >= 0.6 is 23.2 Å². The van der Waals surface area contributed by atoms with Crippen LogP contribution in [0.15, 0.2) is 40.0 Å². The lowest BCUT2D eigenvalue weighted by atomic mass is 10.1. The molecule has 1 amide bonds. The molecule has 0 atom stereocenters. The highest BCUT2D eigenvalue weighted by Gasteiger charge is 2.24. The molecule has 5 rings (SSSR count). The number of hydrogen-bond donors (Lipinski definition) is 3. The zero-order chi connectivity index (χ0) is 26.6. The van der Waals surface area contributed by atoms with E-state index in [-0.39, 0.29) is 50.6 Å². The van der Waals surface area contributed by atoms with Gasteiger partial charge in [-0.1, -0.05) is 29.3 Å². The fourth-order valence-corrected chi connectivity index (χ4v) is 5.29. The Labute approximate surface area is 220 Å². The normalized spacial score (nSPS) is 13.3. The van der Waals surface area contributed by atoms with E-state index in [0.29, 0.717) is 23.1 Å². The number of benzene rings is 2. The highest BCUT2D eigenvalue weighted by molar-refractivity contribution is 7.89. The zero-order valence-corrected chi connectivity index (χ0v) is 21.7. The van der Waals surface area contributed by atoms with Crippen LogP contribution < -0.4 is 25.7 Å². The number of nitrogens with zero attached hydrogens (tertiary/aromatic N) is 4. The van der Waals surface area contributed by atoms with Crippen molar-refractivity contribution in [3.8, 4) is 11.4 Å². The number of H-pyrrole nitrogens is 1. The van der Waals surface area contributed by atoms with E-state index >= 15 is 0 Å². The van der Waals surface area contributed by atoms with E-state index in [1.807, 2.05) is 0 Å². The standard InChI is InChI=1S/C22H19Cl2N7O5S/c1-30(2)21-18-20(31(29-21)19-12(23)7-11(8-13(19)24)37(25,34)35)27-16(28-22(18)33)6-10-3-4-15-14(5-10)26-17(32)9-36-15/h3-5,7-8H,6,9H2,1-2H3,(H,26,32)(H2,25,34,35)(H,27,28,33). The second-order valence-electron chi connectivity index (χ2n) is 8.47. The lowest BCUT2D eigenvalue weighted by Gasteiger charge is -2.18. The molecule has 0 aliphatic carbocycles. The summed E-state index contributed by atoms with van der Waals surface area (Å²) in [7, 11) is -0.659. The molecule has 2 aromatic carbocycles. The third-order valence-electron chi connectivity index (χ3n) is 5.57. The van der Waals surface area contributed by atoms with Gasteiger partial charge in [0, 0.05) is 20.5 Å². The summed E-state index contributed by atoms with van der Waals surface area (Å²) >= 11 is 12.8. The molecule has 0 unspecified atom stereocenters. The first-order valence-corrected chi connectivity index (χ1v) is 13.0. The second-order valence-corrected chi connectivity index (χ2v) is 10.8. The third kappa shape index (κ3) is 4.62. The SMILES string of the molecule is CN(C)c1nn(-c2c(Cl)cc(S(N)(=O)=O)cc2Cl)c2nc(Cc3ccc4c(c3)NC(=O)CO4)[nH]c(=O)c12. The molecule has 0 spiro atoms. The van der Waals surface area contributed by atoms with E-state index in [0.717, 1.165) is 17.7 Å². The molecule has 37 heavy (non-hydrogen) atoms. The number of anilines is 2. The van der Waals surface area contributed by atoms with Crippen LogP contribution in [0.4, 0.5) is 11.5 Å². The average Bonchev–Trinajstić information content (AvgIpc) is 3.18. The molecule has 192 valence electrons. The molecule has 1 aliphatic heterocycles. The monoisotopic (exact) mass is 563 g/mol. The van der Waals surface area contributed by atoms with Crippen molar-refractivity contribution in [3.63, 3.8) is 0 Å². The summed E-state index contributed by atoms with van der Waals surface area (Å²) in [4.78, 5) is 33.6. The molecule has 4 aromatic rings. The van der Waals surface area contributed by atoms with Crippen molar-refractivity contribution in [2.24, 2.45) is 5.14 Å². The first-order chi connectivity index (χ1) is 17.4. The number of carbonyl (C=O) groups is 1. The maximum absolute atomic E-state index is 13.2. The Balaban J connectivity index is 1.66. The Morgan fingerprint density at radius 1 is 1.16 bits per heavy atom. The van der Waals surface area contributed by atoms with Crippen LogP contribution in [-0.4, -0.2) is 54.8 Å². The summed E-state index contributed by atoms with van der Waals surface area (Å²) in [5, 5.41) is 12.5. The van der Waals surface area contributed by atoms with Crippen molar-refractivity contribution in [1.29, 1.82) is 0 Å². The predicted octanol–water partition coefficient (Wildman–Crippen LogP) is 2.05. The second kappa shape index (κ2) is 9.03. The summed E-state index contributed by atoms with van der Waals surface area (Å²) in [5.74, 6) is 0.882. The van der Waals surface area contributed by atoms with Gasteiger partial charge in [0.2, 0.25) is 10.0 Å². The van der Waals surface area contributed by atoms with Crippen molar-refractivity contribution in [2.75, 3.05) is 30.9 Å². The number of carbonyl (C=O) groups excluding carboxylic acids is 1. The van der Waals surface area contributed by atoms with E-state index in [4.69, 9.17) is 33.1 Å². The summed E-state index contributed by atoms with van der Waals surface area (Å²) in [6.07, 6.45) is 0.211. The average molecular weight is 564 g/mol. The van der Waals surface area contributed by atoms with E-state index in [2.05, 4.69) is 20.4 Å². The fraction of sp³-hybridized carbons (Fsp3) is 0.182. The molecule has 1 aliphatic rings. The van der Waals surface area contributed by atoms with E-state index in [9.17, 15) is 18.0 Å². The molecule has 0 saturated heterocycles. The maximum Gasteiger partial charge on any atom is 0.264 e. The number of aromatic amines is 1. The van der Waals surface area contributed by atoms with Crippen molar-refractivity contribution >= 4 is 61.7 Å². The summed E-state index contributed by atoms with van der Waals surface area (Å²) in [6, 6.07) is 7.56. The highest BCUT2D eigenvalue weighted by atomic mass is 35.5. The number of amides is 1. The van der Waals surface area contributed by atoms with E-state index < -0.39 is 15.6 Å². The minimum atomic E-state index is -4.07. The molecule has 0 radical (unpaired) electrons. The number of primary sulfonamides is 1. The molecular formula is C22H19Cl2N7O5S. The van der Waals surface area contributed by atoms with Crippen LogP contribution in [0, 0.1) is 0 Å². The van der Waals surface area contributed by atoms with Gasteiger partial charge in [0.15, 0.2) is 18.1 Å². The fourth-order valence-electron chi connectivity index (χ4n) is 3.95. The summed E-state index contributed by atoms with van der Waals surface area (Å²) in [6.45, 7) is -0.0562. The van der Waals surface area contributed by atoms with Gasteiger partial charge < -0.3 is 19.9 Å². The Morgan fingerprint density at radius 3 is 2.51 bits per heavy atom. The number of fused-ring (bicyclic) bond motifs is 2. The van der Waals surface area contributed by atoms with Gasteiger partial charge in [0.05, 0.1) is 20.6 Å². The molecule has 4 N–H and O–H groups in total. The van der Waals surface area contributed by atoms with Gasteiger partial charge in [-0.15, -0.1) is 5.10 Å². The molecule has 0 fully saturated rings. The Bertz CT molecular complexity index is 1740. The first kappa shape index (κ1) is 25.0. The molecule has 0 saturated carbocycles. The molecule has 0 bridgehead atoms. The van der Waals surface area contributed by atoms with Gasteiger partial charge in [0.25, 0.3) is 11.5 Å². The van der Waals surface area contributed by atoms with Gasteiger partial charge in [-0.05, 0) is 29.8 Å². The number of nitrogens with two attached hydrogens (primary N) is 1. The van der Waals surface area contributed by atoms with Gasteiger partial charge in [-0.3, -0.25) is 9.59 Å². The Hall–Kier alpha value is -3.65. The molecule has 3 heterocycles. The Morgan fingerprint density at radius 2 is 1.86 bits per heavy atom. The van der Waals surface area contributed by atoms with Crippen molar-refractivity contribution in [2.45, 2.75) is 11.3 Å². The predicted molar refractivity (Wildman–Crippen MR) is 139 cm³/mol. The number of ether oxygens (including phenoxy) is 1. The quantitative estimate of drug-likeness (QED) is 0.331. The minimum absolute atomic E-state index is 0.0553. The number of aromatic nitrogens is 4. The molecule has 12 nitrogen and oxygen atoms in total. The topological polar surface area (TPSA) is 165 Å². The molecule has 15 heteroatoms. The lowest BCUT2D eigenvalue weighted by Crippen LogP contribution is -2.25. The smallest absolute Gasteiger partial charge is 0.264 e. The van der Waals surface area contributed by atoms with Crippen LogP contribution in [0.5, 0.6) is 5.75 Å². The van der Waals surface area contributed by atoms with Crippen LogP contribution in [0.1, 0.15) is 11.4 Å². The van der Waals surface area contributed by atoms with Crippen LogP contribution in [0.3, 0.4) is 0 Å². The summed E-state index contributed by atoms with van der Waals surface area (Å²) in [5.41, 5.74) is 1.11. The van der Waals surface area contributed by atoms with Gasteiger partial charge in [-0.2, -0.15) is 0 Å². The zero-order valence-electron chi connectivity index (χ0n) is 19.4. The lowest BCUT2D eigenvalue weighted by molar-refractivity contribution is -0.118. The minimum Gasteiger partial charge on any atom is -0.482 e. The van der Waals surface area contributed by atoms with Gasteiger partial charge in [-0.25, -0.2) is 23.2 Å². The van der Waals surface area contributed by atoms with Crippen LogP contribution in [-0.2, 0) is 21.2 Å². The van der Waals surface area contributed by atoms with Crippen molar-refractivity contribution in [3.05, 3.63) is 62.1 Å². The van der Waals surface area contributed by atoms with Crippen LogP contribution in [0.25, 0.3) is 16.7 Å². The number of rotatable bonds is 5. The number of hydrogen-bond acceptors (Lipinski definition) is 8. The van der Waals surface area contributed by atoms with Crippen molar-refractivity contribution < 1.29 is 17.9 Å². The van der Waals surface area contributed by atoms with E-state index in [1.165, 1.54) is 4.68 Å². The largest absolute Gasteiger partial charge is 0.482 e. The highest BCUT2D eigenvalue weighted by Crippen LogP contribution is 2.35. The van der Waals surface area contributed by atoms with Crippen LogP contribution in [0.2, 0.25) is 10.0 Å². The first-order valence-electron chi connectivity index (χ1n) is 10.7. The maximum atomic E-state index is 13.2. The number of sulfonamides is 1. The van der Waals surface area contributed by atoms with E-state index in [1.54, 1.807) is 37.2 Å². The number of halogens is 2. The number of nitrogens with one attached hydrogen (secondary N) is 2. The van der Waals surface area contributed by atoms with Gasteiger partial charge >= 0.3 is 0 Å². The van der Waals surface area contributed by atoms with Gasteiger partial charge in [0.1, 0.15) is 22.6 Å². The van der Waals surface area contributed by atoms with Crippen molar-refractivity contribution in [1.82, 2.24) is 19.7 Å². The third-order valence-corrected chi connectivity index (χ3v) is 7.04. The Kier molecular flexibility index (Phi) is 6.10. The molecule has 2 aromatic heterocycles. The summed E-state index contributed by atoms with van der Waals surface area (Å²) < 4.78 is 30.3. The molecular weight excluding hydrogens is 545 g/mol.